The van der Waals surface area contributed by atoms with Gasteiger partial charge < -0.3 is 5.73 Å². The molecule has 3 rings (SSSR count). The van der Waals surface area contributed by atoms with Gasteiger partial charge in [-0.25, -0.2) is 0 Å². The molecule has 3 aliphatic carbocycles. The molecule has 2 N–H and O–H groups in total. The summed E-state index contributed by atoms with van der Waals surface area (Å²) in [7, 11) is 0. The van der Waals surface area contributed by atoms with Crippen LogP contribution in [0.5, 0.6) is 0 Å². The summed E-state index contributed by atoms with van der Waals surface area (Å²) >= 11 is 0. The van der Waals surface area contributed by atoms with Gasteiger partial charge in [-0.15, -0.1) is 0 Å². The lowest BCUT2D eigenvalue weighted by Gasteiger charge is -2.50. The molecule has 3 fully saturated rings. The van der Waals surface area contributed by atoms with E-state index in [-0.39, 0.29) is 12.0 Å². The second-order valence-electron chi connectivity index (χ2n) is 10.8. The van der Waals surface area contributed by atoms with Crippen LogP contribution in [0.1, 0.15) is 84.5 Å². The standard InChI is InChI=1S/C26H41F3N2/c1-18-7-4-5-10-22-20(9-6-8-18)13-14-25(3)23(11-12-24(22)25)19(2)16-31-17-21(15-30)26(27,28)29/h15,17-18,20,22-24H,2,4-14,16,30H2,1,3H3. The number of nitrogens with two attached hydrogens (primary N) is 1. The molecule has 0 bridgehead atoms. The first kappa shape index (κ1) is 24.4. The van der Waals surface area contributed by atoms with Crippen molar-refractivity contribution in [3.63, 3.8) is 0 Å². The number of halogens is 3. The number of allylic oxidation sites excluding steroid dienone is 1. The molecule has 0 amide bonds. The Balaban J connectivity index is 1.66. The minimum absolute atomic E-state index is 0.224. The summed E-state index contributed by atoms with van der Waals surface area (Å²) in [4.78, 5) is 4.07. The number of alkyl halides is 3. The molecule has 0 aromatic carbocycles. The van der Waals surface area contributed by atoms with Crippen LogP contribution in [0.4, 0.5) is 13.2 Å². The van der Waals surface area contributed by atoms with E-state index in [0.29, 0.717) is 12.1 Å². The lowest BCUT2D eigenvalue weighted by atomic mass is 9.55. The molecule has 3 aliphatic rings. The van der Waals surface area contributed by atoms with Crippen LogP contribution in [0, 0.1) is 35.0 Å². The van der Waals surface area contributed by atoms with Gasteiger partial charge in [0, 0.05) is 12.4 Å². The van der Waals surface area contributed by atoms with Crippen LogP contribution < -0.4 is 5.73 Å². The normalized spacial score (nSPS) is 38.0. The molecule has 31 heavy (non-hydrogen) atoms. The molecule has 3 saturated carbocycles. The van der Waals surface area contributed by atoms with Gasteiger partial charge in [-0.1, -0.05) is 64.5 Å². The summed E-state index contributed by atoms with van der Waals surface area (Å²) in [5, 5.41) is 0. The topological polar surface area (TPSA) is 38.4 Å². The SMILES string of the molecule is C=C(CN=CC(=CN)C(F)(F)F)C1CCC2C3CCCCC(C)CCCC3CCC12C. The van der Waals surface area contributed by atoms with E-state index in [0.717, 1.165) is 41.9 Å². The monoisotopic (exact) mass is 438 g/mol. The molecule has 176 valence electrons. The summed E-state index contributed by atoms with van der Waals surface area (Å²) in [5.41, 5.74) is 5.45. The Morgan fingerprint density at radius 3 is 2.48 bits per heavy atom. The maximum atomic E-state index is 12.9. The Bertz CT molecular complexity index is 681. The van der Waals surface area contributed by atoms with Crippen molar-refractivity contribution in [2.24, 2.45) is 45.7 Å². The molecule has 0 aromatic heterocycles. The minimum Gasteiger partial charge on any atom is -0.404 e. The third kappa shape index (κ3) is 5.57. The summed E-state index contributed by atoms with van der Waals surface area (Å²) in [5.74, 6) is 3.63. The van der Waals surface area contributed by atoms with Gasteiger partial charge in [0.05, 0.1) is 12.1 Å². The number of nitrogens with zero attached hydrogens (tertiary/aromatic N) is 1. The van der Waals surface area contributed by atoms with Crippen molar-refractivity contribution in [1.82, 2.24) is 0 Å². The van der Waals surface area contributed by atoms with Gasteiger partial charge in [0.15, 0.2) is 0 Å². The third-order valence-corrected chi connectivity index (χ3v) is 8.87. The van der Waals surface area contributed by atoms with Crippen LogP contribution in [0.3, 0.4) is 0 Å². The first-order chi connectivity index (χ1) is 14.7. The van der Waals surface area contributed by atoms with E-state index < -0.39 is 11.7 Å². The van der Waals surface area contributed by atoms with Crippen molar-refractivity contribution >= 4 is 6.21 Å². The highest BCUT2D eigenvalue weighted by Crippen LogP contribution is 2.62. The van der Waals surface area contributed by atoms with Crippen LogP contribution in [-0.4, -0.2) is 18.9 Å². The summed E-state index contributed by atoms with van der Waals surface area (Å²) in [6, 6.07) is 0. The van der Waals surface area contributed by atoms with E-state index in [1.54, 1.807) is 0 Å². The Hall–Kier alpha value is -1.26. The molecule has 0 aromatic rings. The van der Waals surface area contributed by atoms with E-state index >= 15 is 0 Å². The van der Waals surface area contributed by atoms with Crippen molar-refractivity contribution in [3.8, 4) is 0 Å². The lowest BCUT2D eigenvalue weighted by molar-refractivity contribution is -0.0857. The van der Waals surface area contributed by atoms with E-state index in [9.17, 15) is 13.2 Å². The molecule has 5 heteroatoms. The first-order valence-corrected chi connectivity index (χ1v) is 12.3. The fraction of sp³-hybridized carbons (Fsp3) is 0.808. The van der Waals surface area contributed by atoms with Crippen molar-refractivity contribution in [1.29, 1.82) is 0 Å². The highest BCUT2D eigenvalue weighted by Gasteiger charge is 2.53. The van der Waals surface area contributed by atoms with E-state index in [2.05, 4.69) is 25.4 Å². The second-order valence-corrected chi connectivity index (χ2v) is 10.8. The van der Waals surface area contributed by atoms with E-state index in [1.807, 2.05) is 0 Å². The average Bonchev–Trinajstić information content (AvgIpc) is 3.06. The lowest BCUT2D eigenvalue weighted by Crippen LogP contribution is -2.42. The molecule has 6 atom stereocenters. The molecule has 0 saturated heterocycles. The van der Waals surface area contributed by atoms with Crippen molar-refractivity contribution in [3.05, 3.63) is 23.9 Å². The number of hydrogen-bond donors (Lipinski definition) is 1. The summed E-state index contributed by atoms with van der Waals surface area (Å²) in [6.07, 6.45) is 11.4. The fourth-order valence-corrected chi connectivity index (χ4v) is 7.16. The third-order valence-electron chi connectivity index (χ3n) is 8.87. The molecular formula is C26H41F3N2. The number of hydrogen-bond acceptors (Lipinski definition) is 2. The number of fused-ring (bicyclic) bond motifs is 3. The zero-order chi connectivity index (χ0) is 22.6. The predicted octanol–water partition coefficient (Wildman–Crippen LogP) is 7.46. The zero-order valence-electron chi connectivity index (χ0n) is 19.4. The highest BCUT2D eigenvalue weighted by atomic mass is 19.4. The fourth-order valence-electron chi connectivity index (χ4n) is 7.16. The number of rotatable bonds is 4. The molecule has 0 spiro atoms. The summed E-state index contributed by atoms with van der Waals surface area (Å²) in [6.45, 7) is 9.38. The van der Waals surface area contributed by atoms with Gasteiger partial charge in [-0.05, 0) is 67.1 Å². The Kier molecular flexibility index (Phi) is 7.96. The maximum absolute atomic E-state index is 12.9. The van der Waals surface area contributed by atoms with Crippen LogP contribution in [-0.2, 0) is 0 Å². The van der Waals surface area contributed by atoms with E-state index in [4.69, 9.17) is 5.73 Å². The van der Waals surface area contributed by atoms with Crippen molar-refractivity contribution < 1.29 is 13.2 Å². The Labute approximate surface area is 186 Å². The van der Waals surface area contributed by atoms with Gasteiger partial charge in [0.1, 0.15) is 0 Å². The molecule has 2 nitrogen and oxygen atoms in total. The van der Waals surface area contributed by atoms with Crippen LogP contribution >= 0.6 is 0 Å². The largest absolute Gasteiger partial charge is 0.419 e. The van der Waals surface area contributed by atoms with Crippen molar-refractivity contribution in [2.45, 2.75) is 90.7 Å². The first-order valence-electron chi connectivity index (χ1n) is 12.3. The van der Waals surface area contributed by atoms with Crippen LogP contribution in [0.25, 0.3) is 0 Å². The molecular weight excluding hydrogens is 397 g/mol. The van der Waals surface area contributed by atoms with Gasteiger partial charge in [0.2, 0.25) is 0 Å². The van der Waals surface area contributed by atoms with Crippen molar-refractivity contribution in [2.75, 3.05) is 6.54 Å². The molecule has 6 unspecified atom stereocenters. The molecule has 0 aliphatic heterocycles. The predicted molar refractivity (Wildman–Crippen MR) is 123 cm³/mol. The van der Waals surface area contributed by atoms with Crippen LogP contribution in [0.2, 0.25) is 0 Å². The summed E-state index contributed by atoms with van der Waals surface area (Å²) < 4.78 is 38.6. The highest BCUT2D eigenvalue weighted by molar-refractivity contribution is 5.80. The van der Waals surface area contributed by atoms with Gasteiger partial charge in [0.25, 0.3) is 0 Å². The zero-order valence-corrected chi connectivity index (χ0v) is 19.4. The maximum Gasteiger partial charge on any atom is 0.419 e. The smallest absolute Gasteiger partial charge is 0.404 e. The van der Waals surface area contributed by atoms with Gasteiger partial charge in [-0.2, -0.15) is 13.2 Å². The minimum atomic E-state index is -4.46. The van der Waals surface area contributed by atoms with Gasteiger partial charge >= 0.3 is 6.18 Å². The van der Waals surface area contributed by atoms with Crippen LogP contribution in [0.15, 0.2) is 28.9 Å². The average molecular weight is 439 g/mol. The Morgan fingerprint density at radius 2 is 1.77 bits per heavy atom. The quantitative estimate of drug-likeness (QED) is 0.359. The molecule has 0 heterocycles. The number of aliphatic imine (C=N–C) groups is 1. The van der Waals surface area contributed by atoms with Gasteiger partial charge in [-0.3, -0.25) is 4.99 Å². The van der Waals surface area contributed by atoms with E-state index in [1.165, 1.54) is 64.2 Å². The molecule has 0 radical (unpaired) electrons. The Morgan fingerprint density at radius 1 is 1.06 bits per heavy atom. The second kappa shape index (κ2) is 10.1.